The van der Waals surface area contributed by atoms with Gasteiger partial charge in [0.1, 0.15) is 5.69 Å². The maximum absolute atomic E-state index is 12.4. The molecule has 134 valence electrons. The molecule has 1 fully saturated rings. The number of carbonyl (C=O) groups excluding carboxylic acids is 2. The molecule has 3 heterocycles. The van der Waals surface area contributed by atoms with Gasteiger partial charge in [-0.2, -0.15) is 5.10 Å². The second kappa shape index (κ2) is 7.55. The molecule has 0 radical (unpaired) electrons. The number of ether oxygens (including phenoxy) is 1. The molecular formula is C18H24N4O3. The van der Waals surface area contributed by atoms with Crippen molar-refractivity contribution in [3.05, 3.63) is 42.0 Å². The number of carbonyl (C=O) groups is 2. The van der Waals surface area contributed by atoms with Crippen LogP contribution in [0.1, 0.15) is 41.4 Å². The number of aryl methyl sites for hydroxylation is 2. The molecule has 7 nitrogen and oxygen atoms in total. The lowest BCUT2D eigenvalue weighted by Gasteiger charge is -2.33. The van der Waals surface area contributed by atoms with Crippen molar-refractivity contribution in [1.82, 2.24) is 19.2 Å². The van der Waals surface area contributed by atoms with Crippen molar-refractivity contribution >= 4 is 11.9 Å². The molecule has 1 amide bonds. The smallest absolute Gasteiger partial charge is 0.354 e. The first-order valence-corrected chi connectivity index (χ1v) is 8.59. The number of piperidine rings is 1. The highest BCUT2D eigenvalue weighted by atomic mass is 16.5. The van der Waals surface area contributed by atoms with E-state index in [9.17, 15) is 9.59 Å². The second-order valence-electron chi connectivity index (χ2n) is 6.43. The summed E-state index contributed by atoms with van der Waals surface area (Å²) in [6.07, 6.45) is 8.58. The molecule has 0 aliphatic carbocycles. The zero-order valence-electron chi connectivity index (χ0n) is 14.7. The number of aromatic nitrogens is 3. The average Bonchev–Trinajstić information content (AvgIpc) is 3.28. The monoisotopic (exact) mass is 344 g/mol. The minimum Gasteiger partial charge on any atom is -0.464 e. The first-order chi connectivity index (χ1) is 12.1. The van der Waals surface area contributed by atoms with Gasteiger partial charge in [0, 0.05) is 45.0 Å². The van der Waals surface area contributed by atoms with Gasteiger partial charge in [-0.15, -0.1) is 0 Å². The first kappa shape index (κ1) is 17.3. The fourth-order valence-electron chi connectivity index (χ4n) is 3.39. The van der Waals surface area contributed by atoms with E-state index in [-0.39, 0.29) is 17.9 Å². The van der Waals surface area contributed by atoms with E-state index >= 15 is 0 Å². The van der Waals surface area contributed by atoms with Gasteiger partial charge in [-0.3, -0.25) is 9.48 Å². The zero-order chi connectivity index (χ0) is 17.8. The van der Waals surface area contributed by atoms with Gasteiger partial charge >= 0.3 is 5.97 Å². The van der Waals surface area contributed by atoms with Gasteiger partial charge in [0.25, 0.3) is 0 Å². The van der Waals surface area contributed by atoms with Crippen LogP contribution in [0.25, 0.3) is 0 Å². The standard InChI is InChI=1S/C18H24N4O3/c1-20-13-14(12-19-20)5-6-17(23)21-10-7-15(8-11-21)22-9-3-4-16(22)18(24)25-2/h3-4,9,12-13,15H,5-8,10-11H2,1-2H3. The molecule has 1 aliphatic heterocycles. The lowest BCUT2D eigenvalue weighted by Crippen LogP contribution is -2.39. The van der Waals surface area contributed by atoms with Gasteiger partial charge in [-0.1, -0.05) is 0 Å². The molecule has 2 aromatic rings. The Balaban J connectivity index is 1.52. The van der Waals surface area contributed by atoms with E-state index in [4.69, 9.17) is 4.74 Å². The summed E-state index contributed by atoms with van der Waals surface area (Å²) >= 11 is 0. The van der Waals surface area contributed by atoms with E-state index in [1.807, 2.05) is 35.0 Å². The van der Waals surface area contributed by atoms with Crippen LogP contribution in [0.4, 0.5) is 0 Å². The molecule has 0 saturated carbocycles. The van der Waals surface area contributed by atoms with E-state index < -0.39 is 0 Å². The topological polar surface area (TPSA) is 69.4 Å². The Morgan fingerprint density at radius 2 is 2.08 bits per heavy atom. The molecular weight excluding hydrogens is 320 g/mol. The van der Waals surface area contributed by atoms with Crippen LogP contribution in [0.5, 0.6) is 0 Å². The van der Waals surface area contributed by atoms with Crippen molar-refractivity contribution in [3.63, 3.8) is 0 Å². The summed E-state index contributed by atoms with van der Waals surface area (Å²) in [5.41, 5.74) is 1.66. The summed E-state index contributed by atoms with van der Waals surface area (Å²) in [7, 11) is 3.27. The fourth-order valence-corrected chi connectivity index (χ4v) is 3.39. The van der Waals surface area contributed by atoms with Gasteiger partial charge in [0.05, 0.1) is 13.3 Å². The van der Waals surface area contributed by atoms with E-state index in [1.165, 1.54) is 7.11 Å². The van der Waals surface area contributed by atoms with Crippen LogP contribution in [-0.2, 0) is 23.0 Å². The van der Waals surface area contributed by atoms with Crippen molar-refractivity contribution in [2.24, 2.45) is 7.05 Å². The Labute approximate surface area is 147 Å². The molecule has 3 rings (SSSR count). The Morgan fingerprint density at radius 1 is 1.32 bits per heavy atom. The van der Waals surface area contributed by atoms with Crippen LogP contribution in [0.3, 0.4) is 0 Å². The van der Waals surface area contributed by atoms with Crippen LogP contribution in [0, 0.1) is 0 Å². The van der Waals surface area contributed by atoms with Gasteiger partial charge in [0.15, 0.2) is 0 Å². The Bertz CT molecular complexity index is 741. The number of methoxy groups -OCH3 is 1. The number of rotatable bonds is 5. The highest BCUT2D eigenvalue weighted by molar-refractivity contribution is 5.87. The largest absolute Gasteiger partial charge is 0.464 e. The number of amides is 1. The number of esters is 1. The van der Waals surface area contributed by atoms with Gasteiger partial charge in [-0.05, 0) is 37.0 Å². The summed E-state index contributed by atoms with van der Waals surface area (Å²) in [6.45, 7) is 1.44. The van der Waals surface area contributed by atoms with Crippen LogP contribution in [0.2, 0.25) is 0 Å². The highest BCUT2D eigenvalue weighted by Crippen LogP contribution is 2.25. The van der Waals surface area contributed by atoms with E-state index in [2.05, 4.69) is 5.10 Å². The predicted octanol–water partition coefficient (Wildman–Crippen LogP) is 1.80. The molecule has 1 aliphatic rings. The van der Waals surface area contributed by atoms with Crippen LogP contribution < -0.4 is 0 Å². The van der Waals surface area contributed by atoms with Crippen LogP contribution in [-0.4, -0.2) is 51.3 Å². The summed E-state index contributed by atoms with van der Waals surface area (Å²) < 4.78 is 8.56. The van der Waals surface area contributed by atoms with Crippen molar-refractivity contribution in [1.29, 1.82) is 0 Å². The van der Waals surface area contributed by atoms with E-state index in [0.717, 1.165) is 37.9 Å². The molecule has 0 aromatic carbocycles. The lowest BCUT2D eigenvalue weighted by molar-refractivity contribution is -0.132. The molecule has 0 bridgehead atoms. The SMILES string of the molecule is COC(=O)c1cccn1C1CCN(C(=O)CCc2cnn(C)c2)CC1. The quantitative estimate of drug-likeness (QED) is 0.776. The number of likely N-dealkylation sites (tertiary alicyclic amines) is 1. The third-order valence-electron chi connectivity index (χ3n) is 4.77. The van der Waals surface area contributed by atoms with Gasteiger partial charge < -0.3 is 14.2 Å². The zero-order valence-corrected chi connectivity index (χ0v) is 14.7. The normalized spacial score (nSPS) is 15.4. The molecule has 0 N–H and O–H groups in total. The van der Waals surface area contributed by atoms with Crippen molar-refractivity contribution in [3.8, 4) is 0 Å². The molecule has 1 saturated heterocycles. The first-order valence-electron chi connectivity index (χ1n) is 8.59. The third-order valence-corrected chi connectivity index (χ3v) is 4.77. The van der Waals surface area contributed by atoms with Gasteiger partial charge in [-0.25, -0.2) is 4.79 Å². The maximum Gasteiger partial charge on any atom is 0.354 e. The fraction of sp³-hybridized carbons (Fsp3) is 0.500. The number of nitrogens with zero attached hydrogens (tertiary/aromatic N) is 4. The minimum atomic E-state index is -0.319. The highest BCUT2D eigenvalue weighted by Gasteiger charge is 2.25. The molecule has 2 aromatic heterocycles. The maximum atomic E-state index is 12.4. The van der Waals surface area contributed by atoms with E-state index in [0.29, 0.717) is 12.1 Å². The summed E-state index contributed by atoms with van der Waals surface area (Å²) in [5, 5.41) is 4.13. The molecule has 0 atom stereocenters. The van der Waals surface area contributed by atoms with Crippen LogP contribution in [0.15, 0.2) is 30.7 Å². The Kier molecular flexibility index (Phi) is 5.21. The Hall–Kier alpha value is -2.57. The molecule has 0 spiro atoms. The van der Waals surface area contributed by atoms with Crippen molar-refractivity contribution < 1.29 is 14.3 Å². The lowest BCUT2D eigenvalue weighted by atomic mass is 10.0. The van der Waals surface area contributed by atoms with Crippen molar-refractivity contribution in [2.75, 3.05) is 20.2 Å². The van der Waals surface area contributed by atoms with Crippen LogP contribution >= 0.6 is 0 Å². The second-order valence-corrected chi connectivity index (χ2v) is 6.43. The average molecular weight is 344 g/mol. The number of hydrogen-bond donors (Lipinski definition) is 0. The molecule has 7 heteroatoms. The predicted molar refractivity (Wildman–Crippen MR) is 92.2 cm³/mol. The molecule has 0 unspecified atom stereocenters. The Morgan fingerprint density at radius 3 is 2.72 bits per heavy atom. The summed E-state index contributed by atoms with van der Waals surface area (Å²) in [4.78, 5) is 26.2. The molecule has 25 heavy (non-hydrogen) atoms. The minimum absolute atomic E-state index is 0.183. The number of hydrogen-bond acceptors (Lipinski definition) is 4. The van der Waals surface area contributed by atoms with Gasteiger partial charge in [0.2, 0.25) is 5.91 Å². The third kappa shape index (κ3) is 3.92. The van der Waals surface area contributed by atoms with Crippen molar-refractivity contribution in [2.45, 2.75) is 31.7 Å². The summed E-state index contributed by atoms with van der Waals surface area (Å²) in [5.74, 6) is -0.136. The summed E-state index contributed by atoms with van der Waals surface area (Å²) in [6, 6.07) is 3.86. The van der Waals surface area contributed by atoms with E-state index in [1.54, 1.807) is 16.9 Å².